The van der Waals surface area contributed by atoms with E-state index in [1.807, 2.05) is 39.5 Å². The Labute approximate surface area is 160 Å². The summed E-state index contributed by atoms with van der Waals surface area (Å²) in [5.74, 6) is 0.678. The Hall–Kier alpha value is -0.810. The molecule has 2 aliphatic rings. The molecule has 1 N–H and O–H groups in total. The van der Waals surface area contributed by atoms with E-state index in [0.717, 1.165) is 13.0 Å². The molecule has 2 fully saturated rings. The summed E-state index contributed by atoms with van der Waals surface area (Å²) in [7, 11) is 0. The smallest absolute Gasteiger partial charge is 0.412 e. The highest BCUT2D eigenvalue weighted by atomic mass is 16.6. The zero-order valence-corrected chi connectivity index (χ0v) is 17.9. The van der Waals surface area contributed by atoms with Crippen molar-refractivity contribution in [3.63, 3.8) is 0 Å². The molecular formula is C21H40N2O3. The van der Waals surface area contributed by atoms with Gasteiger partial charge in [-0.25, -0.2) is 4.79 Å². The van der Waals surface area contributed by atoms with Gasteiger partial charge >= 0.3 is 6.09 Å². The molecule has 1 aliphatic heterocycles. The molecule has 1 saturated heterocycles. The van der Waals surface area contributed by atoms with Gasteiger partial charge in [-0.15, -0.1) is 0 Å². The Morgan fingerprint density at radius 2 is 1.85 bits per heavy atom. The molecule has 0 spiro atoms. The summed E-state index contributed by atoms with van der Waals surface area (Å²) < 4.78 is 12.1. The molecule has 1 aliphatic carbocycles. The standard InChI is InChI=1S/C21H40N2O3/c1-15(2)22-14-18-17(13-16-11-9-8-10-12-16)23(21(6,7)25-18)19(24)26-20(3,4)5/h15-18,22H,8-14H2,1-7H3/t17-,18+/m0/s1. The Kier molecular flexibility index (Phi) is 7.00. The van der Waals surface area contributed by atoms with Crippen LogP contribution in [0.15, 0.2) is 0 Å². The van der Waals surface area contributed by atoms with Crippen molar-refractivity contribution >= 4 is 6.09 Å². The van der Waals surface area contributed by atoms with Gasteiger partial charge in [0.15, 0.2) is 0 Å². The quantitative estimate of drug-likeness (QED) is 0.764. The van der Waals surface area contributed by atoms with Crippen molar-refractivity contribution in [3.05, 3.63) is 0 Å². The summed E-state index contributed by atoms with van der Waals surface area (Å²) in [5, 5.41) is 3.50. The van der Waals surface area contributed by atoms with Crippen molar-refractivity contribution in [1.82, 2.24) is 10.2 Å². The molecule has 2 atom stereocenters. The lowest BCUT2D eigenvalue weighted by molar-refractivity contribution is -0.0785. The van der Waals surface area contributed by atoms with E-state index in [1.54, 1.807) is 0 Å². The van der Waals surface area contributed by atoms with Gasteiger partial charge in [0.25, 0.3) is 0 Å². The van der Waals surface area contributed by atoms with Crippen LogP contribution in [0, 0.1) is 5.92 Å². The van der Waals surface area contributed by atoms with Crippen molar-refractivity contribution in [2.24, 2.45) is 5.92 Å². The summed E-state index contributed by atoms with van der Waals surface area (Å²) in [6, 6.07) is 0.460. The largest absolute Gasteiger partial charge is 0.444 e. The van der Waals surface area contributed by atoms with E-state index >= 15 is 0 Å². The fraction of sp³-hybridized carbons (Fsp3) is 0.952. The summed E-state index contributed by atoms with van der Waals surface area (Å²) in [6.45, 7) is 14.8. The van der Waals surface area contributed by atoms with Crippen molar-refractivity contribution in [3.8, 4) is 0 Å². The number of carbonyl (C=O) groups is 1. The number of nitrogens with one attached hydrogen (secondary N) is 1. The highest BCUT2D eigenvalue weighted by Gasteiger charge is 2.51. The SMILES string of the molecule is CC(C)NC[C@H]1OC(C)(C)N(C(=O)OC(C)(C)C)[C@H]1CC1CCCCC1. The molecular weight excluding hydrogens is 328 g/mol. The summed E-state index contributed by atoms with van der Waals surface area (Å²) in [5.41, 5.74) is -1.15. The second-order valence-electron chi connectivity index (χ2n) is 9.82. The third-order valence-electron chi connectivity index (χ3n) is 5.40. The van der Waals surface area contributed by atoms with Crippen molar-refractivity contribution in [2.75, 3.05) is 6.54 Å². The van der Waals surface area contributed by atoms with Gasteiger partial charge in [0.2, 0.25) is 0 Å². The summed E-state index contributed by atoms with van der Waals surface area (Å²) in [4.78, 5) is 14.9. The van der Waals surface area contributed by atoms with E-state index in [-0.39, 0.29) is 18.2 Å². The number of rotatable bonds is 5. The number of hydrogen-bond acceptors (Lipinski definition) is 4. The normalized spacial score (nSPS) is 27.2. The van der Waals surface area contributed by atoms with Crippen LogP contribution in [0.1, 0.15) is 87.0 Å². The first-order chi connectivity index (χ1) is 12.0. The molecule has 0 radical (unpaired) electrons. The minimum Gasteiger partial charge on any atom is -0.444 e. The molecule has 0 aromatic heterocycles. The van der Waals surface area contributed by atoms with Crippen LogP contribution in [0.3, 0.4) is 0 Å². The minimum absolute atomic E-state index is 0.00171. The molecule has 152 valence electrons. The maximum atomic E-state index is 13.0. The van der Waals surface area contributed by atoms with Gasteiger partial charge in [0.1, 0.15) is 11.3 Å². The van der Waals surface area contributed by atoms with E-state index < -0.39 is 11.3 Å². The van der Waals surface area contributed by atoms with Crippen LogP contribution >= 0.6 is 0 Å². The van der Waals surface area contributed by atoms with Gasteiger partial charge in [-0.2, -0.15) is 0 Å². The molecule has 5 heteroatoms. The minimum atomic E-state index is -0.648. The van der Waals surface area contributed by atoms with Crippen LogP contribution in [0.4, 0.5) is 4.79 Å². The molecule has 0 bridgehead atoms. The lowest BCUT2D eigenvalue weighted by Gasteiger charge is -2.37. The second-order valence-corrected chi connectivity index (χ2v) is 9.82. The van der Waals surface area contributed by atoms with Crippen LogP contribution in [0.2, 0.25) is 0 Å². The first kappa shape index (κ1) is 21.5. The molecule has 1 heterocycles. The number of ether oxygens (including phenoxy) is 2. The highest BCUT2D eigenvalue weighted by molar-refractivity contribution is 5.70. The highest BCUT2D eigenvalue weighted by Crippen LogP contribution is 2.39. The third kappa shape index (κ3) is 5.85. The molecule has 0 unspecified atom stereocenters. The molecule has 0 aromatic carbocycles. The van der Waals surface area contributed by atoms with Crippen LogP contribution in [-0.4, -0.2) is 47.1 Å². The maximum Gasteiger partial charge on any atom is 0.412 e. The van der Waals surface area contributed by atoms with Crippen molar-refractivity contribution < 1.29 is 14.3 Å². The Bertz CT molecular complexity index is 464. The van der Waals surface area contributed by atoms with Crippen molar-refractivity contribution in [2.45, 2.75) is 117 Å². The van der Waals surface area contributed by atoms with E-state index in [4.69, 9.17) is 9.47 Å². The molecule has 5 nitrogen and oxygen atoms in total. The predicted octanol–water partition coefficient (Wildman–Crippen LogP) is 4.70. The van der Waals surface area contributed by atoms with E-state index in [9.17, 15) is 4.79 Å². The van der Waals surface area contributed by atoms with Crippen LogP contribution < -0.4 is 5.32 Å². The van der Waals surface area contributed by atoms with E-state index in [2.05, 4.69) is 19.2 Å². The van der Waals surface area contributed by atoms with Gasteiger partial charge in [-0.1, -0.05) is 46.0 Å². The monoisotopic (exact) mass is 368 g/mol. The lowest BCUT2D eigenvalue weighted by Crippen LogP contribution is -2.51. The van der Waals surface area contributed by atoms with Crippen LogP contribution in [-0.2, 0) is 9.47 Å². The van der Waals surface area contributed by atoms with Gasteiger partial charge in [0, 0.05) is 12.6 Å². The number of hydrogen-bond donors (Lipinski definition) is 1. The van der Waals surface area contributed by atoms with Crippen LogP contribution in [0.5, 0.6) is 0 Å². The lowest BCUT2D eigenvalue weighted by atomic mass is 9.83. The number of amides is 1. The Balaban J connectivity index is 2.19. The number of nitrogens with zero attached hydrogens (tertiary/aromatic N) is 1. The second kappa shape index (κ2) is 8.47. The van der Waals surface area contributed by atoms with Gasteiger partial charge in [-0.3, -0.25) is 4.90 Å². The average molecular weight is 369 g/mol. The maximum absolute atomic E-state index is 13.0. The average Bonchev–Trinajstić information content (AvgIpc) is 2.74. The van der Waals surface area contributed by atoms with Gasteiger partial charge < -0.3 is 14.8 Å². The molecule has 0 aromatic rings. The fourth-order valence-corrected chi connectivity index (χ4v) is 4.29. The Morgan fingerprint density at radius 1 is 1.23 bits per heavy atom. The molecule has 26 heavy (non-hydrogen) atoms. The van der Waals surface area contributed by atoms with E-state index in [1.165, 1.54) is 32.1 Å². The number of carbonyl (C=O) groups excluding carboxylic acids is 1. The summed E-state index contributed by atoms with van der Waals surface area (Å²) >= 11 is 0. The molecule has 2 rings (SSSR count). The summed E-state index contributed by atoms with van der Waals surface area (Å²) in [6.07, 6.45) is 7.25. The first-order valence-corrected chi connectivity index (χ1v) is 10.4. The first-order valence-electron chi connectivity index (χ1n) is 10.4. The molecule has 1 amide bonds. The van der Waals surface area contributed by atoms with Gasteiger partial charge in [-0.05, 0) is 47.0 Å². The van der Waals surface area contributed by atoms with Gasteiger partial charge in [0.05, 0.1) is 12.1 Å². The fourth-order valence-electron chi connectivity index (χ4n) is 4.29. The topological polar surface area (TPSA) is 50.8 Å². The predicted molar refractivity (Wildman–Crippen MR) is 105 cm³/mol. The zero-order chi connectivity index (χ0) is 19.5. The van der Waals surface area contributed by atoms with E-state index in [0.29, 0.717) is 12.0 Å². The van der Waals surface area contributed by atoms with Crippen molar-refractivity contribution in [1.29, 1.82) is 0 Å². The Morgan fingerprint density at radius 3 is 2.38 bits per heavy atom. The third-order valence-corrected chi connectivity index (χ3v) is 5.40. The van der Waals surface area contributed by atoms with Crippen LogP contribution in [0.25, 0.3) is 0 Å². The zero-order valence-electron chi connectivity index (χ0n) is 17.9. The molecule has 1 saturated carbocycles.